The van der Waals surface area contributed by atoms with Gasteiger partial charge in [-0.05, 0) is 69.0 Å². The van der Waals surface area contributed by atoms with E-state index in [0.29, 0.717) is 10.0 Å². The molecule has 0 saturated carbocycles. The van der Waals surface area contributed by atoms with Gasteiger partial charge in [0.25, 0.3) is 0 Å². The summed E-state index contributed by atoms with van der Waals surface area (Å²) in [7, 11) is 0. The number of halogens is 1. The number of aromatic hydroxyl groups is 1. The van der Waals surface area contributed by atoms with Crippen LogP contribution in [0.2, 0.25) is 0 Å². The summed E-state index contributed by atoms with van der Waals surface area (Å²) >= 11 is 5.25. The van der Waals surface area contributed by atoms with E-state index in [9.17, 15) is 9.90 Å². The highest BCUT2D eigenvalue weighted by Gasteiger charge is 2.23. The Morgan fingerprint density at radius 1 is 1.04 bits per heavy atom. The Kier molecular flexibility index (Phi) is 3.58. The van der Waals surface area contributed by atoms with E-state index in [-0.39, 0.29) is 11.5 Å². The summed E-state index contributed by atoms with van der Waals surface area (Å²) in [4.78, 5) is 13.5. The number of Topliss-reactive ketones (excluding diaryl/α,β-unsaturated/α-hetero) is 1. The highest BCUT2D eigenvalue weighted by Crippen LogP contribution is 2.50. The second kappa shape index (κ2) is 5.78. The molecule has 5 aromatic rings. The van der Waals surface area contributed by atoms with Gasteiger partial charge in [-0.1, -0.05) is 30.3 Å². The third-order valence-electron chi connectivity index (χ3n) is 5.32. The first-order valence-electron chi connectivity index (χ1n) is 8.66. The fraction of sp³-hybridized carbons (Fsp3) is 0.0870. The molecule has 0 bridgehead atoms. The van der Waals surface area contributed by atoms with E-state index in [1.54, 1.807) is 18.3 Å². The molecule has 0 radical (unpaired) electrons. The molecule has 4 heteroatoms. The first-order valence-corrected chi connectivity index (χ1v) is 10.3. The van der Waals surface area contributed by atoms with Crippen LogP contribution in [0.25, 0.3) is 42.8 Å². The lowest BCUT2D eigenvalue weighted by atomic mass is 9.86. The summed E-state index contributed by atoms with van der Waals surface area (Å²) in [6.07, 6.45) is 0. The molecule has 0 saturated heterocycles. The summed E-state index contributed by atoms with van der Waals surface area (Å²) in [6, 6.07) is 14.2. The van der Waals surface area contributed by atoms with Crippen molar-refractivity contribution in [2.75, 3.05) is 0 Å². The maximum Gasteiger partial charge on any atom is 0.160 e. The van der Waals surface area contributed by atoms with E-state index in [1.807, 2.05) is 36.6 Å². The lowest BCUT2D eigenvalue weighted by Gasteiger charge is -2.19. The van der Waals surface area contributed by atoms with Gasteiger partial charge in [0.15, 0.2) is 5.78 Å². The van der Waals surface area contributed by atoms with Crippen molar-refractivity contribution in [3.63, 3.8) is 0 Å². The number of benzene rings is 4. The van der Waals surface area contributed by atoms with Crippen molar-refractivity contribution in [2.24, 2.45) is 0 Å². The molecule has 1 heterocycles. The van der Waals surface area contributed by atoms with Gasteiger partial charge in [-0.25, -0.2) is 0 Å². The van der Waals surface area contributed by atoms with Crippen molar-refractivity contribution in [3.05, 3.63) is 63.4 Å². The summed E-state index contributed by atoms with van der Waals surface area (Å²) in [6.45, 7) is 3.65. The molecule has 0 unspecified atom stereocenters. The number of aryl methyl sites for hydroxylation is 1. The van der Waals surface area contributed by atoms with Crippen LogP contribution < -0.4 is 0 Å². The number of thiophene rings is 1. The maximum absolute atomic E-state index is 12.5. The molecule has 0 aliphatic rings. The number of hydrogen-bond donors (Lipinski definition) is 1. The number of phenolic OH excluding ortho intramolecular Hbond substituents is 1. The fourth-order valence-electron chi connectivity index (χ4n) is 4.11. The molecular weight excluding hydrogens is 420 g/mol. The normalized spacial score (nSPS) is 11.8. The Hall–Kier alpha value is -2.43. The van der Waals surface area contributed by atoms with Crippen molar-refractivity contribution in [2.45, 2.75) is 13.8 Å². The van der Waals surface area contributed by atoms with E-state index in [4.69, 9.17) is 0 Å². The van der Waals surface area contributed by atoms with Crippen LogP contribution in [0, 0.1) is 6.92 Å². The fourth-order valence-corrected chi connectivity index (χ4v) is 5.57. The van der Waals surface area contributed by atoms with E-state index >= 15 is 0 Å². The highest BCUT2D eigenvalue weighted by atomic mass is 79.9. The molecule has 0 aliphatic heterocycles. The number of hydrogen-bond acceptors (Lipinski definition) is 3. The molecule has 5 rings (SSSR count). The van der Waals surface area contributed by atoms with Gasteiger partial charge in [-0.15, -0.1) is 11.3 Å². The minimum absolute atomic E-state index is 0.0287. The summed E-state index contributed by atoms with van der Waals surface area (Å²) < 4.78 is 0.707. The van der Waals surface area contributed by atoms with Gasteiger partial charge in [-0.2, -0.15) is 0 Å². The average molecular weight is 435 g/mol. The Bertz CT molecular complexity index is 1370. The monoisotopic (exact) mass is 434 g/mol. The van der Waals surface area contributed by atoms with Gasteiger partial charge >= 0.3 is 0 Å². The Morgan fingerprint density at radius 3 is 2.52 bits per heavy atom. The zero-order chi connectivity index (χ0) is 18.9. The number of carbonyl (C=O) groups is 1. The zero-order valence-electron chi connectivity index (χ0n) is 14.8. The Labute approximate surface area is 168 Å². The van der Waals surface area contributed by atoms with Gasteiger partial charge in [0, 0.05) is 32.2 Å². The van der Waals surface area contributed by atoms with Crippen LogP contribution in [-0.2, 0) is 0 Å². The van der Waals surface area contributed by atoms with Crippen LogP contribution in [-0.4, -0.2) is 10.9 Å². The van der Waals surface area contributed by atoms with E-state index in [2.05, 4.69) is 34.1 Å². The van der Waals surface area contributed by atoms with Crippen molar-refractivity contribution in [1.82, 2.24) is 0 Å². The molecule has 0 fully saturated rings. The predicted molar refractivity (Wildman–Crippen MR) is 118 cm³/mol. The van der Waals surface area contributed by atoms with Crippen molar-refractivity contribution < 1.29 is 9.90 Å². The summed E-state index contributed by atoms with van der Waals surface area (Å²) in [5, 5.41) is 19.0. The van der Waals surface area contributed by atoms with Crippen LogP contribution in [0.4, 0.5) is 0 Å². The molecule has 0 aliphatic carbocycles. The van der Waals surface area contributed by atoms with Gasteiger partial charge in [0.2, 0.25) is 0 Å². The second-order valence-electron chi connectivity index (χ2n) is 6.89. The van der Waals surface area contributed by atoms with E-state index < -0.39 is 0 Å². The minimum atomic E-state index is 0.0287. The Morgan fingerprint density at radius 2 is 1.81 bits per heavy atom. The minimum Gasteiger partial charge on any atom is -0.506 e. The van der Waals surface area contributed by atoms with Crippen LogP contribution in [0.3, 0.4) is 0 Å². The van der Waals surface area contributed by atoms with Crippen molar-refractivity contribution in [3.8, 4) is 16.2 Å². The summed E-state index contributed by atoms with van der Waals surface area (Å²) in [5.41, 5.74) is 2.68. The van der Waals surface area contributed by atoms with Gasteiger partial charge in [0.1, 0.15) is 5.75 Å². The maximum atomic E-state index is 12.5. The van der Waals surface area contributed by atoms with Crippen molar-refractivity contribution >= 4 is 65.4 Å². The Balaban J connectivity index is 2.18. The first-order chi connectivity index (χ1) is 13.0. The van der Waals surface area contributed by atoms with E-state index in [0.717, 1.165) is 48.3 Å². The standard InChI is InChI=1S/C23H15BrO2S/c1-11-5-6-13-7-8-14-15(12(2)25)10-16(17-4-3-9-27-17)21-20(14)19(13)18(11)22(24)23(21)26/h3-10,26H,1-2H3. The topological polar surface area (TPSA) is 37.3 Å². The number of phenols is 1. The molecule has 132 valence electrons. The molecule has 4 aromatic carbocycles. The van der Waals surface area contributed by atoms with Gasteiger partial charge in [-0.3, -0.25) is 4.79 Å². The molecule has 27 heavy (non-hydrogen) atoms. The SMILES string of the molecule is CC(=O)c1cc(-c2cccs2)c2c(O)c(Br)c3c(C)ccc4ccc1c2c43. The first kappa shape index (κ1) is 16.7. The zero-order valence-corrected chi connectivity index (χ0v) is 17.2. The van der Waals surface area contributed by atoms with Crippen LogP contribution in [0.5, 0.6) is 5.75 Å². The predicted octanol–water partition coefficient (Wildman–Crippen LogP) is 7.29. The smallest absolute Gasteiger partial charge is 0.160 e. The second-order valence-corrected chi connectivity index (χ2v) is 8.63. The quantitative estimate of drug-likeness (QED) is 0.234. The summed E-state index contributed by atoms with van der Waals surface area (Å²) in [5.74, 6) is 0.258. The third kappa shape index (κ3) is 2.20. The molecule has 0 spiro atoms. The lowest BCUT2D eigenvalue weighted by molar-refractivity contribution is 0.101. The molecule has 0 atom stereocenters. The molecular formula is C23H15BrO2S. The van der Waals surface area contributed by atoms with Gasteiger partial charge in [0.05, 0.1) is 4.47 Å². The van der Waals surface area contributed by atoms with E-state index in [1.165, 1.54) is 0 Å². The molecule has 0 amide bonds. The lowest BCUT2D eigenvalue weighted by Crippen LogP contribution is -1.98. The molecule has 2 nitrogen and oxygen atoms in total. The number of ketones is 1. The van der Waals surface area contributed by atoms with Crippen LogP contribution >= 0.6 is 27.3 Å². The van der Waals surface area contributed by atoms with Crippen molar-refractivity contribution in [1.29, 1.82) is 0 Å². The molecule has 1 aromatic heterocycles. The largest absolute Gasteiger partial charge is 0.506 e. The molecule has 1 N–H and O–H groups in total. The van der Waals surface area contributed by atoms with Crippen LogP contribution in [0.15, 0.2) is 52.3 Å². The number of rotatable bonds is 2. The average Bonchev–Trinajstić information content (AvgIpc) is 3.18. The highest BCUT2D eigenvalue weighted by molar-refractivity contribution is 9.10. The third-order valence-corrected chi connectivity index (χ3v) is 7.00. The van der Waals surface area contributed by atoms with Crippen LogP contribution in [0.1, 0.15) is 22.8 Å². The van der Waals surface area contributed by atoms with Gasteiger partial charge < -0.3 is 5.11 Å². The number of carbonyl (C=O) groups excluding carboxylic acids is 1.